The predicted molar refractivity (Wildman–Crippen MR) is 138 cm³/mol. The van der Waals surface area contributed by atoms with Crippen LogP contribution in [0, 0.1) is 29.1 Å². The van der Waals surface area contributed by atoms with E-state index in [1.807, 2.05) is 26.8 Å². The summed E-state index contributed by atoms with van der Waals surface area (Å²) in [6, 6.07) is 0. The first kappa shape index (κ1) is 27.5. The molecule has 0 aromatic rings. The summed E-state index contributed by atoms with van der Waals surface area (Å²) in [5.74, 6) is -4.12. The number of rotatable bonds is 4. The van der Waals surface area contributed by atoms with Crippen molar-refractivity contribution in [2.75, 3.05) is 0 Å². The lowest BCUT2D eigenvalue weighted by atomic mass is 9.59. The van der Waals surface area contributed by atoms with Crippen LogP contribution in [-0.2, 0) is 23.9 Å². The highest BCUT2D eigenvalue weighted by molar-refractivity contribution is 6.04. The van der Waals surface area contributed by atoms with Crippen LogP contribution in [0.1, 0.15) is 68.7 Å². The van der Waals surface area contributed by atoms with Gasteiger partial charge in [-0.3, -0.25) is 4.79 Å². The van der Waals surface area contributed by atoms with Gasteiger partial charge in [0.05, 0.1) is 5.60 Å². The van der Waals surface area contributed by atoms with E-state index < -0.39 is 69.7 Å². The van der Waals surface area contributed by atoms with Gasteiger partial charge in [-0.1, -0.05) is 50.6 Å². The second-order valence-corrected chi connectivity index (χ2v) is 12.1. The largest absolute Gasteiger partial charge is 0.454 e. The molecule has 0 spiro atoms. The third kappa shape index (κ3) is 3.42. The number of Topliss-reactive ketones (excluding diaryl/α,β-unsaturated/α-hetero) is 1. The zero-order chi connectivity index (χ0) is 27.9. The number of ether oxygens (including phenoxy) is 2. The second-order valence-electron chi connectivity index (χ2n) is 12.1. The highest BCUT2D eigenvalue weighted by Gasteiger charge is 2.88. The molecule has 2 fully saturated rings. The van der Waals surface area contributed by atoms with E-state index in [2.05, 4.69) is 0 Å². The first-order chi connectivity index (χ1) is 17.0. The molecule has 0 aromatic carbocycles. The van der Waals surface area contributed by atoms with Crippen molar-refractivity contribution in [1.29, 1.82) is 0 Å². The molecule has 2 saturated carbocycles. The summed E-state index contributed by atoms with van der Waals surface area (Å²) in [5.41, 5.74) is -3.30. The molecule has 4 aliphatic carbocycles. The molecular weight excluding hydrogens is 472 g/mol. The Morgan fingerprint density at radius 3 is 2.16 bits per heavy atom. The third-order valence-electron chi connectivity index (χ3n) is 9.86. The van der Waals surface area contributed by atoms with Crippen molar-refractivity contribution < 1.29 is 34.1 Å². The van der Waals surface area contributed by atoms with Crippen LogP contribution in [0.15, 0.2) is 46.6 Å². The Labute approximate surface area is 219 Å². The van der Waals surface area contributed by atoms with E-state index in [4.69, 9.17) is 9.47 Å². The fourth-order valence-electron chi connectivity index (χ4n) is 7.52. The smallest absolute Gasteiger partial charge is 0.334 e. The van der Waals surface area contributed by atoms with Crippen LogP contribution in [0.5, 0.6) is 0 Å². The molecule has 0 aliphatic heterocycles. The molecule has 0 saturated heterocycles. The van der Waals surface area contributed by atoms with Gasteiger partial charge in [-0.05, 0) is 47.1 Å². The Kier molecular flexibility index (Phi) is 6.32. The molecule has 0 amide bonds. The maximum absolute atomic E-state index is 13.2. The van der Waals surface area contributed by atoms with E-state index in [0.717, 1.165) is 5.57 Å². The fraction of sp³-hybridized carbons (Fsp3) is 0.633. The summed E-state index contributed by atoms with van der Waals surface area (Å²) in [6.45, 7) is 16.0. The van der Waals surface area contributed by atoms with Gasteiger partial charge < -0.3 is 19.7 Å². The fourth-order valence-corrected chi connectivity index (χ4v) is 7.52. The standard InChI is InChI=1S/C30H40O7/c1-10-16(4)25(32)36-24-19(7)29(35)20(12-15(3)14-28(34)21(29)13-18(6)23(28)31)22-27(8,9)30(22,24)37-26(33)17(5)11-2/h10-13,19-22,24,34-35H,14H2,1-9H3/b16-10+,17-11+/t19-,20-,21-,22-,24-,28-,29-,30-/m1/s1. The second kappa shape index (κ2) is 8.50. The van der Waals surface area contributed by atoms with Gasteiger partial charge in [0.1, 0.15) is 11.7 Å². The molecule has 8 atom stereocenters. The highest BCUT2D eigenvalue weighted by atomic mass is 16.6. The normalized spacial score (nSPS) is 42.5. The van der Waals surface area contributed by atoms with E-state index in [0.29, 0.717) is 16.7 Å². The SMILES string of the molecule is C/C=C(\C)C(=O)O[C@@H]1[C@@H](C)[C@@]2(O)[C@H](C=C(C)C[C@]3(O)C(=O)C(C)=C[C@@H]23)[C@@H]2C(C)(C)[C@]12OC(=O)/C(C)=C/C. The third-order valence-corrected chi connectivity index (χ3v) is 9.86. The summed E-state index contributed by atoms with van der Waals surface area (Å²) < 4.78 is 12.4. The molecule has 4 aliphatic rings. The average molecular weight is 513 g/mol. The number of aliphatic hydroxyl groups is 2. The van der Waals surface area contributed by atoms with E-state index in [1.54, 1.807) is 59.8 Å². The van der Waals surface area contributed by atoms with Gasteiger partial charge >= 0.3 is 11.9 Å². The monoisotopic (exact) mass is 512 g/mol. The minimum atomic E-state index is -1.80. The number of carbonyl (C=O) groups is 3. The van der Waals surface area contributed by atoms with Crippen LogP contribution in [0.4, 0.5) is 0 Å². The minimum absolute atomic E-state index is 0.0929. The zero-order valence-corrected chi connectivity index (χ0v) is 23.3. The predicted octanol–water partition coefficient (Wildman–Crippen LogP) is 3.99. The van der Waals surface area contributed by atoms with Crippen molar-refractivity contribution in [2.45, 2.75) is 91.6 Å². The summed E-state index contributed by atoms with van der Waals surface area (Å²) in [6.07, 6.45) is 6.00. The Hall–Kier alpha value is -2.51. The molecular formula is C30H40O7. The van der Waals surface area contributed by atoms with Gasteiger partial charge in [-0.2, -0.15) is 0 Å². The highest BCUT2D eigenvalue weighted by Crippen LogP contribution is 2.77. The van der Waals surface area contributed by atoms with Gasteiger partial charge in [0.2, 0.25) is 0 Å². The molecule has 37 heavy (non-hydrogen) atoms. The van der Waals surface area contributed by atoms with Crippen LogP contribution in [0.25, 0.3) is 0 Å². The van der Waals surface area contributed by atoms with Crippen LogP contribution in [0.3, 0.4) is 0 Å². The van der Waals surface area contributed by atoms with E-state index >= 15 is 0 Å². The topological polar surface area (TPSA) is 110 Å². The van der Waals surface area contributed by atoms with E-state index in [1.165, 1.54) is 0 Å². The summed E-state index contributed by atoms with van der Waals surface area (Å²) in [4.78, 5) is 39.5. The van der Waals surface area contributed by atoms with Crippen LogP contribution < -0.4 is 0 Å². The lowest BCUT2D eigenvalue weighted by Gasteiger charge is -2.53. The first-order valence-electron chi connectivity index (χ1n) is 13.1. The zero-order valence-electron chi connectivity index (χ0n) is 23.3. The van der Waals surface area contributed by atoms with Crippen LogP contribution >= 0.6 is 0 Å². The van der Waals surface area contributed by atoms with Crippen molar-refractivity contribution in [1.82, 2.24) is 0 Å². The molecule has 0 radical (unpaired) electrons. The summed E-state index contributed by atoms with van der Waals surface area (Å²) >= 11 is 0. The van der Waals surface area contributed by atoms with Gasteiger partial charge in [-0.15, -0.1) is 0 Å². The number of allylic oxidation sites excluding steroid dienone is 2. The van der Waals surface area contributed by atoms with E-state index in [-0.39, 0.29) is 6.42 Å². The molecule has 4 rings (SSSR count). The van der Waals surface area contributed by atoms with Crippen molar-refractivity contribution in [2.24, 2.45) is 29.1 Å². The maximum Gasteiger partial charge on any atom is 0.334 e. The number of carbonyl (C=O) groups excluding carboxylic acids is 3. The Morgan fingerprint density at radius 1 is 1.03 bits per heavy atom. The number of esters is 2. The van der Waals surface area contributed by atoms with Crippen molar-refractivity contribution >= 4 is 17.7 Å². The van der Waals surface area contributed by atoms with Crippen molar-refractivity contribution in [3.05, 3.63) is 46.6 Å². The van der Waals surface area contributed by atoms with Gasteiger partial charge in [0.25, 0.3) is 0 Å². The lowest BCUT2D eigenvalue weighted by molar-refractivity contribution is -0.226. The number of fused-ring (bicyclic) bond motifs is 5. The molecule has 202 valence electrons. The summed E-state index contributed by atoms with van der Waals surface area (Å²) in [7, 11) is 0. The van der Waals surface area contributed by atoms with Crippen LogP contribution in [-0.4, -0.2) is 50.8 Å². The molecule has 2 N–H and O–H groups in total. The Morgan fingerprint density at radius 2 is 1.59 bits per heavy atom. The van der Waals surface area contributed by atoms with Crippen molar-refractivity contribution in [3.8, 4) is 0 Å². The molecule has 0 aromatic heterocycles. The number of ketones is 1. The molecule has 7 nitrogen and oxygen atoms in total. The Bertz CT molecular complexity index is 1190. The van der Waals surface area contributed by atoms with E-state index in [9.17, 15) is 24.6 Å². The van der Waals surface area contributed by atoms with Gasteiger partial charge in [0.15, 0.2) is 11.4 Å². The summed E-state index contributed by atoms with van der Waals surface area (Å²) in [5, 5.41) is 24.4. The average Bonchev–Trinajstić information content (AvgIpc) is 3.26. The molecule has 0 heterocycles. The molecule has 7 heteroatoms. The number of hydrogen-bond acceptors (Lipinski definition) is 7. The van der Waals surface area contributed by atoms with Crippen LogP contribution in [0.2, 0.25) is 0 Å². The van der Waals surface area contributed by atoms with Gasteiger partial charge in [0, 0.05) is 46.7 Å². The maximum atomic E-state index is 13.2. The van der Waals surface area contributed by atoms with Gasteiger partial charge in [-0.25, -0.2) is 9.59 Å². The quantitative estimate of drug-likeness (QED) is 0.333. The minimum Gasteiger partial charge on any atom is -0.454 e. The first-order valence-corrected chi connectivity index (χ1v) is 13.1. The lowest BCUT2D eigenvalue weighted by Crippen LogP contribution is -2.66. The van der Waals surface area contributed by atoms with Crippen molar-refractivity contribution in [3.63, 3.8) is 0 Å². The molecule has 0 bridgehead atoms. The number of hydrogen-bond donors (Lipinski definition) is 2. The molecule has 0 unspecified atom stereocenters. The Balaban J connectivity index is 1.95.